The molecule has 0 unspecified atom stereocenters. The fourth-order valence-corrected chi connectivity index (χ4v) is 2.53. The Balaban J connectivity index is 1.78. The van der Waals surface area contributed by atoms with Gasteiger partial charge in [0.15, 0.2) is 5.96 Å². The summed E-state index contributed by atoms with van der Waals surface area (Å²) in [6.07, 6.45) is 8.13. The van der Waals surface area contributed by atoms with Crippen LogP contribution in [0, 0.1) is 5.41 Å². The second-order valence-corrected chi connectivity index (χ2v) is 5.24. The summed E-state index contributed by atoms with van der Waals surface area (Å²) in [5.74, 6) is 1.02. The molecule has 0 bridgehead atoms. The Morgan fingerprint density at radius 1 is 1.27 bits per heavy atom. The van der Waals surface area contributed by atoms with Gasteiger partial charge < -0.3 is 10.6 Å². The monoisotopic (exact) mass is 209 g/mol. The summed E-state index contributed by atoms with van der Waals surface area (Å²) in [7, 11) is 0. The molecular formula is C12H23N3. The molecular weight excluding hydrogens is 186 g/mol. The van der Waals surface area contributed by atoms with Crippen molar-refractivity contribution in [3.05, 3.63) is 0 Å². The molecule has 1 heterocycles. The molecule has 0 spiro atoms. The highest BCUT2D eigenvalue weighted by Gasteiger charge is 2.26. The van der Waals surface area contributed by atoms with Crippen LogP contribution in [0.15, 0.2) is 4.99 Å². The lowest BCUT2D eigenvalue weighted by Crippen LogP contribution is -2.45. The van der Waals surface area contributed by atoms with Crippen molar-refractivity contribution in [3.8, 4) is 0 Å². The van der Waals surface area contributed by atoms with Crippen LogP contribution >= 0.6 is 0 Å². The number of nitrogens with zero attached hydrogens (tertiary/aromatic N) is 1. The Kier molecular flexibility index (Phi) is 3.49. The molecule has 2 rings (SSSR count). The normalized spacial score (nSPS) is 25.3. The summed E-state index contributed by atoms with van der Waals surface area (Å²) >= 11 is 0. The summed E-state index contributed by atoms with van der Waals surface area (Å²) in [6, 6.07) is 0. The summed E-state index contributed by atoms with van der Waals surface area (Å²) in [6.45, 7) is 5.54. The van der Waals surface area contributed by atoms with Crippen molar-refractivity contribution in [3.63, 3.8) is 0 Å². The molecule has 2 N–H and O–H groups in total. The van der Waals surface area contributed by atoms with Crippen molar-refractivity contribution < 1.29 is 0 Å². The van der Waals surface area contributed by atoms with E-state index in [2.05, 4.69) is 22.5 Å². The number of hydrogen-bond acceptors (Lipinski definition) is 3. The van der Waals surface area contributed by atoms with Gasteiger partial charge >= 0.3 is 0 Å². The van der Waals surface area contributed by atoms with E-state index in [1.54, 1.807) is 0 Å². The van der Waals surface area contributed by atoms with E-state index < -0.39 is 0 Å². The maximum absolute atomic E-state index is 4.44. The number of nitrogens with one attached hydrogen (secondary N) is 2. The van der Waals surface area contributed by atoms with Gasteiger partial charge in [-0.2, -0.15) is 0 Å². The van der Waals surface area contributed by atoms with Crippen molar-refractivity contribution in [2.24, 2.45) is 10.4 Å². The second-order valence-electron chi connectivity index (χ2n) is 5.24. The van der Waals surface area contributed by atoms with Crippen molar-refractivity contribution in [2.75, 3.05) is 19.6 Å². The first-order valence-corrected chi connectivity index (χ1v) is 6.31. The van der Waals surface area contributed by atoms with Crippen LogP contribution in [-0.4, -0.2) is 25.6 Å². The molecule has 0 atom stereocenters. The number of rotatable bonds is 2. The smallest absolute Gasteiger partial charge is 0.191 e. The quantitative estimate of drug-likeness (QED) is 0.728. The fourth-order valence-electron chi connectivity index (χ4n) is 2.53. The molecule has 86 valence electrons. The molecule has 0 aromatic carbocycles. The van der Waals surface area contributed by atoms with Gasteiger partial charge in [0.25, 0.3) is 0 Å². The molecule has 1 aliphatic carbocycles. The van der Waals surface area contributed by atoms with Crippen LogP contribution in [-0.2, 0) is 0 Å². The zero-order chi connectivity index (χ0) is 10.6. The Morgan fingerprint density at radius 3 is 2.73 bits per heavy atom. The Hall–Kier alpha value is -0.730. The minimum Gasteiger partial charge on any atom is -0.356 e. The van der Waals surface area contributed by atoms with E-state index >= 15 is 0 Å². The Bertz CT molecular complexity index is 229. The fraction of sp³-hybridized carbons (Fsp3) is 0.917. The standard InChI is InChI=1S/C12H23N3/c1-12(6-3-2-4-7-12)10-15-11-13-8-5-9-14-11/h2-10H2,1H3,(H2,13,14,15). The maximum Gasteiger partial charge on any atom is 0.191 e. The lowest BCUT2D eigenvalue weighted by Gasteiger charge is -2.34. The van der Waals surface area contributed by atoms with Gasteiger partial charge in [0.05, 0.1) is 0 Å². The zero-order valence-corrected chi connectivity index (χ0v) is 9.81. The minimum absolute atomic E-state index is 0.500. The molecule has 0 radical (unpaired) electrons. The van der Waals surface area contributed by atoms with Crippen molar-refractivity contribution in [1.82, 2.24) is 10.6 Å². The summed E-state index contributed by atoms with van der Waals surface area (Å²) in [4.78, 5) is 4.44. The third-order valence-corrected chi connectivity index (χ3v) is 3.64. The van der Waals surface area contributed by atoms with E-state index in [9.17, 15) is 0 Å². The first kappa shape index (κ1) is 10.8. The van der Waals surface area contributed by atoms with Crippen molar-refractivity contribution >= 4 is 5.96 Å². The van der Waals surface area contributed by atoms with Gasteiger partial charge in [0.2, 0.25) is 0 Å². The number of aliphatic imine (C=N–C) groups is 1. The first-order valence-electron chi connectivity index (χ1n) is 6.31. The molecule has 0 aromatic heterocycles. The Labute approximate surface area is 92.7 Å². The first-order chi connectivity index (χ1) is 7.29. The van der Waals surface area contributed by atoms with E-state index in [0.717, 1.165) is 25.6 Å². The third-order valence-electron chi connectivity index (χ3n) is 3.64. The lowest BCUT2D eigenvalue weighted by atomic mass is 9.76. The highest BCUT2D eigenvalue weighted by Crippen LogP contribution is 2.34. The highest BCUT2D eigenvalue weighted by molar-refractivity contribution is 5.80. The average Bonchev–Trinajstić information content (AvgIpc) is 2.29. The van der Waals surface area contributed by atoms with Gasteiger partial charge in [0, 0.05) is 19.6 Å². The van der Waals surface area contributed by atoms with E-state index in [-0.39, 0.29) is 0 Å². The highest BCUT2D eigenvalue weighted by atomic mass is 15.2. The van der Waals surface area contributed by atoms with Crippen LogP contribution in [0.3, 0.4) is 0 Å². The van der Waals surface area contributed by atoms with Crippen molar-refractivity contribution in [1.29, 1.82) is 0 Å². The van der Waals surface area contributed by atoms with Crippen LogP contribution in [0.2, 0.25) is 0 Å². The molecule has 2 aliphatic rings. The second kappa shape index (κ2) is 4.86. The van der Waals surface area contributed by atoms with Crippen LogP contribution in [0.25, 0.3) is 0 Å². The third kappa shape index (κ3) is 3.11. The molecule has 15 heavy (non-hydrogen) atoms. The van der Waals surface area contributed by atoms with Gasteiger partial charge in [-0.25, -0.2) is 0 Å². The number of guanidine groups is 1. The predicted molar refractivity (Wildman–Crippen MR) is 64.1 cm³/mol. The molecule has 1 aliphatic heterocycles. The lowest BCUT2D eigenvalue weighted by molar-refractivity contribution is 0.217. The molecule has 0 saturated heterocycles. The molecule has 0 aromatic rings. The van der Waals surface area contributed by atoms with E-state index in [4.69, 9.17) is 0 Å². The van der Waals surface area contributed by atoms with Crippen LogP contribution in [0.4, 0.5) is 0 Å². The van der Waals surface area contributed by atoms with Gasteiger partial charge in [-0.05, 0) is 24.7 Å². The molecule has 1 saturated carbocycles. The van der Waals surface area contributed by atoms with E-state index in [0.29, 0.717) is 5.41 Å². The van der Waals surface area contributed by atoms with Crippen LogP contribution in [0.5, 0.6) is 0 Å². The predicted octanol–water partition coefficient (Wildman–Crippen LogP) is 1.90. The average molecular weight is 209 g/mol. The van der Waals surface area contributed by atoms with Gasteiger partial charge in [-0.15, -0.1) is 0 Å². The maximum atomic E-state index is 4.44. The zero-order valence-electron chi connectivity index (χ0n) is 9.81. The molecule has 3 heteroatoms. The molecule has 0 amide bonds. The SMILES string of the molecule is CC1(CNC2=NCCCN2)CCCCC1. The summed E-state index contributed by atoms with van der Waals surface area (Å²) in [5, 5.41) is 6.79. The van der Waals surface area contributed by atoms with E-state index in [1.807, 2.05) is 0 Å². The Morgan fingerprint density at radius 2 is 2.07 bits per heavy atom. The van der Waals surface area contributed by atoms with Crippen molar-refractivity contribution in [2.45, 2.75) is 45.4 Å². The topological polar surface area (TPSA) is 36.4 Å². The molecule has 3 nitrogen and oxygen atoms in total. The van der Waals surface area contributed by atoms with Crippen LogP contribution in [0.1, 0.15) is 45.4 Å². The van der Waals surface area contributed by atoms with Crippen LogP contribution < -0.4 is 10.6 Å². The van der Waals surface area contributed by atoms with Gasteiger partial charge in [-0.3, -0.25) is 4.99 Å². The minimum atomic E-state index is 0.500. The largest absolute Gasteiger partial charge is 0.356 e. The molecule has 1 fully saturated rings. The number of hydrogen-bond donors (Lipinski definition) is 2. The van der Waals surface area contributed by atoms with Gasteiger partial charge in [-0.1, -0.05) is 26.2 Å². The summed E-state index contributed by atoms with van der Waals surface area (Å²) < 4.78 is 0. The van der Waals surface area contributed by atoms with E-state index in [1.165, 1.54) is 38.5 Å². The summed E-state index contributed by atoms with van der Waals surface area (Å²) in [5.41, 5.74) is 0.500. The van der Waals surface area contributed by atoms with Gasteiger partial charge in [0.1, 0.15) is 0 Å².